The molecule has 1 aromatic carbocycles. The fourth-order valence-corrected chi connectivity index (χ4v) is 3.13. The molecule has 2 rings (SSSR count). The fourth-order valence-electron chi connectivity index (χ4n) is 2.94. The molecule has 18 heavy (non-hydrogen) atoms. The van der Waals surface area contributed by atoms with E-state index in [2.05, 4.69) is 37.4 Å². The maximum atomic E-state index is 6.26. The molecule has 100 valence electrons. The highest BCUT2D eigenvalue weighted by Gasteiger charge is 2.26. The minimum absolute atomic E-state index is 0.637. The lowest BCUT2D eigenvalue weighted by atomic mass is 9.80. The quantitative estimate of drug-likeness (QED) is 0.834. The molecule has 2 heteroatoms. The molecule has 1 nitrogen and oxygen atoms in total. The normalized spacial score (nSPS) is 24.2. The molecule has 1 fully saturated rings. The second kappa shape index (κ2) is 6.58. The number of hydrogen-bond acceptors (Lipinski definition) is 1. The number of rotatable bonds is 4. The average molecular weight is 266 g/mol. The van der Waals surface area contributed by atoms with Gasteiger partial charge in [0.1, 0.15) is 0 Å². The Morgan fingerprint density at radius 2 is 2.06 bits per heavy atom. The van der Waals surface area contributed by atoms with Gasteiger partial charge in [0.05, 0.1) is 0 Å². The number of halogens is 1. The summed E-state index contributed by atoms with van der Waals surface area (Å²) in [5.74, 6) is 0.642. The molecule has 0 amide bonds. The van der Waals surface area contributed by atoms with E-state index in [1.54, 1.807) is 0 Å². The zero-order valence-corrected chi connectivity index (χ0v) is 12.3. The highest BCUT2D eigenvalue weighted by atomic mass is 35.5. The van der Waals surface area contributed by atoms with E-state index in [1.807, 2.05) is 0 Å². The molecule has 0 radical (unpaired) electrons. The molecule has 0 saturated heterocycles. The lowest BCUT2D eigenvalue weighted by molar-refractivity contribution is 0.328. The molecule has 1 aromatic rings. The molecule has 2 unspecified atom stereocenters. The Morgan fingerprint density at radius 1 is 1.28 bits per heavy atom. The van der Waals surface area contributed by atoms with Crippen molar-refractivity contribution in [2.45, 2.75) is 57.9 Å². The van der Waals surface area contributed by atoms with Crippen LogP contribution >= 0.6 is 11.6 Å². The van der Waals surface area contributed by atoms with Gasteiger partial charge < -0.3 is 5.32 Å². The van der Waals surface area contributed by atoms with Gasteiger partial charge in [-0.05, 0) is 55.8 Å². The number of aryl methyl sites for hydroxylation is 1. The number of benzene rings is 1. The lowest BCUT2D eigenvalue weighted by Gasteiger charge is -2.33. The van der Waals surface area contributed by atoms with Crippen molar-refractivity contribution in [2.75, 3.05) is 6.54 Å². The molecule has 0 heterocycles. The van der Waals surface area contributed by atoms with E-state index in [-0.39, 0.29) is 0 Å². The maximum Gasteiger partial charge on any atom is 0.0438 e. The summed E-state index contributed by atoms with van der Waals surface area (Å²) in [4.78, 5) is 0. The van der Waals surface area contributed by atoms with Gasteiger partial charge in [0.15, 0.2) is 0 Å². The molecule has 0 bridgehead atoms. The number of nitrogens with one attached hydrogen (secondary N) is 1. The molecule has 1 aliphatic rings. The smallest absolute Gasteiger partial charge is 0.0438 e. The van der Waals surface area contributed by atoms with Crippen molar-refractivity contribution in [3.63, 3.8) is 0 Å². The van der Waals surface area contributed by atoms with Crippen molar-refractivity contribution in [1.29, 1.82) is 0 Å². The molecule has 0 aliphatic heterocycles. The van der Waals surface area contributed by atoms with Gasteiger partial charge in [0.2, 0.25) is 0 Å². The van der Waals surface area contributed by atoms with Crippen LogP contribution in [0.2, 0.25) is 5.02 Å². The predicted octanol–water partition coefficient (Wildman–Crippen LogP) is 4.67. The van der Waals surface area contributed by atoms with Crippen LogP contribution in [-0.2, 0) is 0 Å². The first-order valence-electron chi connectivity index (χ1n) is 7.21. The topological polar surface area (TPSA) is 12.0 Å². The first-order chi connectivity index (χ1) is 8.72. The van der Waals surface area contributed by atoms with E-state index in [9.17, 15) is 0 Å². The van der Waals surface area contributed by atoms with Gasteiger partial charge in [-0.1, -0.05) is 43.5 Å². The van der Waals surface area contributed by atoms with Crippen LogP contribution in [0, 0.1) is 6.92 Å². The first-order valence-corrected chi connectivity index (χ1v) is 7.59. The van der Waals surface area contributed by atoms with Crippen molar-refractivity contribution in [2.24, 2.45) is 0 Å². The minimum atomic E-state index is 0.637. The number of hydrogen-bond donors (Lipinski definition) is 1. The van der Waals surface area contributed by atoms with Crippen molar-refractivity contribution < 1.29 is 0 Å². The molecule has 0 spiro atoms. The van der Waals surface area contributed by atoms with Crippen LogP contribution in [0.3, 0.4) is 0 Å². The van der Waals surface area contributed by atoms with E-state index in [0.29, 0.717) is 12.0 Å². The van der Waals surface area contributed by atoms with E-state index < -0.39 is 0 Å². The molecule has 1 aliphatic carbocycles. The van der Waals surface area contributed by atoms with Gasteiger partial charge in [-0.3, -0.25) is 0 Å². The highest BCUT2D eigenvalue weighted by molar-refractivity contribution is 6.31. The molecular weight excluding hydrogens is 242 g/mol. The summed E-state index contributed by atoms with van der Waals surface area (Å²) in [6, 6.07) is 7.23. The summed E-state index contributed by atoms with van der Waals surface area (Å²) in [6.45, 7) is 5.42. The van der Waals surface area contributed by atoms with Gasteiger partial charge in [-0.25, -0.2) is 0 Å². The summed E-state index contributed by atoms with van der Waals surface area (Å²) in [6.07, 6.45) is 6.51. The fraction of sp³-hybridized carbons (Fsp3) is 0.625. The van der Waals surface area contributed by atoms with Crippen molar-refractivity contribution in [3.05, 3.63) is 34.3 Å². The van der Waals surface area contributed by atoms with Crippen LogP contribution in [0.1, 0.15) is 56.1 Å². The van der Waals surface area contributed by atoms with E-state index in [4.69, 9.17) is 11.6 Å². The summed E-state index contributed by atoms with van der Waals surface area (Å²) in [5.41, 5.74) is 2.59. The second-order valence-corrected chi connectivity index (χ2v) is 5.87. The van der Waals surface area contributed by atoms with E-state index in [1.165, 1.54) is 43.2 Å². The van der Waals surface area contributed by atoms with E-state index >= 15 is 0 Å². The van der Waals surface area contributed by atoms with Crippen LogP contribution < -0.4 is 5.32 Å². The monoisotopic (exact) mass is 265 g/mol. The van der Waals surface area contributed by atoms with Crippen LogP contribution in [0.4, 0.5) is 0 Å². The van der Waals surface area contributed by atoms with Crippen LogP contribution in [0.15, 0.2) is 18.2 Å². The third-order valence-electron chi connectivity index (χ3n) is 4.05. The van der Waals surface area contributed by atoms with Gasteiger partial charge in [0.25, 0.3) is 0 Å². The zero-order chi connectivity index (χ0) is 13.0. The van der Waals surface area contributed by atoms with Crippen molar-refractivity contribution in [1.82, 2.24) is 5.32 Å². The van der Waals surface area contributed by atoms with Crippen LogP contribution in [0.5, 0.6) is 0 Å². The third kappa shape index (κ3) is 3.27. The largest absolute Gasteiger partial charge is 0.313 e. The lowest BCUT2D eigenvalue weighted by Crippen LogP contribution is -2.37. The van der Waals surface area contributed by atoms with Crippen LogP contribution in [-0.4, -0.2) is 12.6 Å². The molecular formula is C16H24ClN. The van der Waals surface area contributed by atoms with Gasteiger partial charge in [-0.15, -0.1) is 0 Å². The Morgan fingerprint density at radius 3 is 2.78 bits per heavy atom. The maximum absolute atomic E-state index is 6.26. The Balaban J connectivity index is 2.14. The standard InChI is InChI=1S/C16H24ClN/c1-3-10-18-16-7-5-4-6-14(16)13-9-8-12(2)15(17)11-13/h8-9,11,14,16,18H,3-7,10H2,1-2H3. The summed E-state index contributed by atoms with van der Waals surface area (Å²) in [7, 11) is 0. The van der Waals surface area contributed by atoms with Crippen molar-refractivity contribution in [3.8, 4) is 0 Å². The van der Waals surface area contributed by atoms with Crippen LogP contribution in [0.25, 0.3) is 0 Å². The van der Waals surface area contributed by atoms with Gasteiger partial charge in [0, 0.05) is 11.1 Å². The first kappa shape index (κ1) is 13.9. The zero-order valence-electron chi connectivity index (χ0n) is 11.5. The Labute approximate surface area is 116 Å². The summed E-state index contributed by atoms with van der Waals surface area (Å²) in [5, 5.41) is 4.62. The summed E-state index contributed by atoms with van der Waals surface area (Å²) < 4.78 is 0. The Bertz CT molecular complexity index is 389. The molecule has 2 atom stereocenters. The molecule has 1 saturated carbocycles. The van der Waals surface area contributed by atoms with Crippen molar-refractivity contribution >= 4 is 11.6 Å². The highest BCUT2D eigenvalue weighted by Crippen LogP contribution is 2.34. The summed E-state index contributed by atoms with van der Waals surface area (Å²) >= 11 is 6.26. The second-order valence-electron chi connectivity index (χ2n) is 5.46. The van der Waals surface area contributed by atoms with Gasteiger partial charge in [-0.2, -0.15) is 0 Å². The molecule has 0 aromatic heterocycles. The predicted molar refractivity (Wildman–Crippen MR) is 79.5 cm³/mol. The van der Waals surface area contributed by atoms with E-state index in [0.717, 1.165) is 11.6 Å². The Hall–Kier alpha value is -0.530. The molecule has 1 N–H and O–H groups in total. The Kier molecular flexibility index (Phi) is 5.08. The third-order valence-corrected chi connectivity index (χ3v) is 4.45. The minimum Gasteiger partial charge on any atom is -0.313 e. The SMILES string of the molecule is CCCNC1CCCCC1c1ccc(C)c(Cl)c1. The average Bonchev–Trinajstić information content (AvgIpc) is 2.40. The van der Waals surface area contributed by atoms with Gasteiger partial charge >= 0.3 is 0 Å².